The molecule has 1 amide bonds. The second-order valence-electron chi connectivity index (χ2n) is 5.89. The van der Waals surface area contributed by atoms with Gasteiger partial charge in [0.05, 0.1) is 6.54 Å². The number of hydrogen-bond acceptors (Lipinski definition) is 4. The molecule has 0 aromatic carbocycles. The number of rotatable bonds is 6. The molecule has 0 bridgehead atoms. The van der Waals surface area contributed by atoms with Gasteiger partial charge in [-0.3, -0.25) is 4.79 Å². The molecule has 2 N–H and O–H groups in total. The van der Waals surface area contributed by atoms with E-state index in [1.165, 1.54) is 25.7 Å². The van der Waals surface area contributed by atoms with E-state index in [1.54, 1.807) is 6.33 Å². The normalized spacial score (nSPS) is 18.2. The molecule has 8 heteroatoms. The second-order valence-corrected chi connectivity index (χ2v) is 5.89. The minimum absolute atomic E-state index is 0. The molecule has 0 atom stereocenters. The number of piperidine rings is 1. The summed E-state index contributed by atoms with van der Waals surface area (Å²) in [5, 5.41) is 14.3. The topological polar surface area (TPSA) is 71.8 Å². The number of hydrogen-bond donors (Lipinski definition) is 2. The molecular weight excluding hydrogens is 325 g/mol. The maximum absolute atomic E-state index is 11.9. The highest BCUT2D eigenvalue weighted by Gasteiger charge is 2.26. The number of carbonyl (C=O) groups is 1. The zero-order valence-corrected chi connectivity index (χ0v) is 14.3. The van der Waals surface area contributed by atoms with E-state index in [2.05, 4.69) is 25.4 Å². The molecule has 6 nitrogen and oxygen atoms in total. The molecule has 1 saturated carbocycles. The summed E-state index contributed by atoms with van der Waals surface area (Å²) in [5.41, 5.74) is 0. The summed E-state index contributed by atoms with van der Waals surface area (Å²) >= 11 is 0. The van der Waals surface area contributed by atoms with Crippen molar-refractivity contribution in [1.82, 2.24) is 25.4 Å². The standard InChI is InChI=1S/C14H23N5O.2ClH/c20-14(4-1-11-5-7-15-8-6-11)16-9-13-18-17-10-19(13)12-2-3-12;;/h10-12,15H,1-9H2,(H,16,20);2*1H. The van der Waals surface area contributed by atoms with Gasteiger partial charge in [0.2, 0.25) is 5.91 Å². The third kappa shape index (κ3) is 5.41. The number of carbonyl (C=O) groups excluding carboxylic acids is 1. The van der Waals surface area contributed by atoms with E-state index in [0.29, 0.717) is 24.9 Å². The van der Waals surface area contributed by atoms with Crippen LogP contribution in [0.5, 0.6) is 0 Å². The maximum Gasteiger partial charge on any atom is 0.220 e. The van der Waals surface area contributed by atoms with Crippen LogP contribution in [0, 0.1) is 5.92 Å². The van der Waals surface area contributed by atoms with Gasteiger partial charge in [-0.1, -0.05) is 0 Å². The molecule has 1 aliphatic heterocycles. The Morgan fingerprint density at radius 3 is 2.68 bits per heavy atom. The predicted molar refractivity (Wildman–Crippen MR) is 89.5 cm³/mol. The molecule has 1 aliphatic carbocycles. The number of halogens is 2. The minimum Gasteiger partial charge on any atom is -0.349 e. The van der Waals surface area contributed by atoms with Crippen molar-refractivity contribution < 1.29 is 4.79 Å². The summed E-state index contributed by atoms with van der Waals surface area (Å²) in [5.74, 6) is 1.72. The van der Waals surface area contributed by atoms with E-state index in [9.17, 15) is 4.79 Å². The smallest absolute Gasteiger partial charge is 0.220 e. The van der Waals surface area contributed by atoms with Crippen molar-refractivity contribution in [2.45, 2.75) is 51.1 Å². The maximum atomic E-state index is 11.9. The van der Waals surface area contributed by atoms with Crippen LogP contribution in [0.1, 0.15) is 50.4 Å². The van der Waals surface area contributed by atoms with Crippen LogP contribution in [0.25, 0.3) is 0 Å². The third-order valence-electron chi connectivity index (χ3n) is 4.27. The molecule has 22 heavy (non-hydrogen) atoms. The van der Waals surface area contributed by atoms with Crippen molar-refractivity contribution in [3.8, 4) is 0 Å². The third-order valence-corrected chi connectivity index (χ3v) is 4.27. The van der Waals surface area contributed by atoms with E-state index in [0.717, 1.165) is 25.3 Å². The van der Waals surface area contributed by atoms with Crippen LogP contribution >= 0.6 is 24.8 Å². The largest absolute Gasteiger partial charge is 0.349 e. The van der Waals surface area contributed by atoms with E-state index < -0.39 is 0 Å². The molecule has 3 rings (SSSR count). The monoisotopic (exact) mass is 349 g/mol. The van der Waals surface area contributed by atoms with Crippen molar-refractivity contribution in [3.63, 3.8) is 0 Å². The van der Waals surface area contributed by atoms with Crippen LogP contribution < -0.4 is 10.6 Å². The Labute approximate surface area is 143 Å². The highest BCUT2D eigenvalue weighted by atomic mass is 35.5. The minimum atomic E-state index is 0. The summed E-state index contributed by atoms with van der Waals surface area (Å²) in [6.07, 6.45) is 8.20. The lowest BCUT2D eigenvalue weighted by Crippen LogP contribution is -2.29. The fraction of sp³-hybridized carbons (Fsp3) is 0.786. The molecule has 0 unspecified atom stereocenters. The predicted octanol–water partition coefficient (Wildman–Crippen LogP) is 1.85. The van der Waals surface area contributed by atoms with Crippen molar-refractivity contribution in [1.29, 1.82) is 0 Å². The van der Waals surface area contributed by atoms with Crippen LogP contribution in [0.3, 0.4) is 0 Å². The first kappa shape index (κ1) is 19.2. The molecule has 2 aliphatic rings. The van der Waals surface area contributed by atoms with Crippen molar-refractivity contribution in [2.24, 2.45) is 5.92 Å². The lowest BCUT2D eigenvalue weighted by molar-refractivity contribution is -0.121. The lowest BCUT2D eigenvalue weighted by Gasteiger charge is -2.22. The summed E-state index contributed by atoms with van der Waals surface area (Å²) in [7, 11) is 0. The fourth-order valence-corrected chi connectivity index (χ4v) is 2.82. The zero-order chi connectivity index (χ0) is 13.8. The molecule has 0 spiro atoms. The van der Waals surface area contributed by atoms with Crippen LogP contribution in [0.4, 0.5) is 0 Å². The average Bonchev–Trinajstić information content (AvgIpc) is 3.22. The van der Waals surface area contributed by atoms with Crippen molar-refractivity contribution in [2.75, 3.05) is 13.1 Å². The van der Waals surface area contributed by atoms with Crippen molar-refractivity contribution in [3.05, 3.63) is 12.2 Å². The van der Waals surface area contributed by atoms with Gasteiger partial charge in [0, 0.05) is 12.5 Å². The van der Waals surface area contributed by atoms with Gasteiger partial charge in [0.15, 0.2) is 5.82 Å². The Balaban J connectivity index is 0.00000121. The summed E-state index contributed by atoms with van der Waals surface area (Å²) in [6.45, 7) is 2.69. The second kappa shape index (κ2) is 9.33. The van der Waals surface area contributed by atoms with E-state index in [-0.39, 0.29) is 30.7 Å². The highest BCUT2D eigenvalue weighted by molar-refractivity contribution is 5.85. The molecule has 0 radical (unpaired) electrons. The number of aromatic nitrogens is 3. The zero-order valence-electron chi connectivity index (χ0n) is 12.7. The Morgan fingerprint density at radius 1 is 1.27 bits per heavy atom. The first-order chi connectivity index (χ1) is 9.83. The average molecular weight is 350 g/mol. The van der Waals surface area contributed by atoms with Gasteiger partial charge in [-0.2, -0.15) is 0 Å². The highest BCUT2D eigenvalue weighted by Crippen LogP contribution is 2.35. The number of nitrogens with one attached hydrogen (secondary N) is 2. The van der Waals surface area contributed by atoms with Gasteiger partial charge >= 0.3 is 0 Å². The Bertz CT molecular complexity index is 458. The fourth-order valence-electron chi connectivity index (χ4n) is 2.82. The van der Waals surface area contributed by atoms with Crippen LogP contribution in [-0.2, 0) is 11.3 Å². The molecule has 1 saturated heterocycles. The van der Waals surface area contributed by atoms with Gasteiger partial charge in [-0.25, -0.2) is 0 Å². The first-order valence-corrected chi connectivity index (χ1v) is 7.68. The van der Waals surface area contributed by atoms with Crippen LogP contribution in [0.2, 0.25) is 0 Å². The lowest BCUT2D eigenvalue weighted by atomic mass is 9.93. The van der Waals surface area contributed by atoms with Crippen LogP contribution in [0.15, 0.2) is 6.33 Å². The molecule has 1 aromatic rings. The van der Waals surface area contributed by atoms with Gasteiger partial charge in [0.25, 0.3) is 0 Å². The summed E-state index contributed by atoms with van der Waals surface area (Å²) < 4.78 is 2.09. The molecule has 1 aromatic heterocycles. The summed E-state index contributed by atoms with van der Waals surface area (Å²) in [4.78, 5) is 11.9. The van der Waals surface area contributed by atoms with Gasteiger partial charge in [0.1, 0.15) is 6.33 Å². The first-order valence-electron chi connectivity index (χ1n) is 7.68. The van der Waals surface area contributed by atoms with Gasteiger partial charge in [-0.05, 0) is 51.1 Å². The molecule has 2 fully saturated rings. The van der Waals surface area contributed by atoms with Gasteiger partial charge < -0.3 is 15.2 Å². The quantitative estimate of drug-likeness (QED) is 0.821. The Hall–Kier alpha value is -0.850. The molecular formula is C14H25Cl2N5O. The van der Waals surface area contributed by atoms with Crippen molar-refractivity contribution >= 4 is 30.7 Å². The number of amides is 1. The van der Waals surface area contributed by atoms with E-state index >= 15 is 0 Å². The van der Waals surface area contributed by atoms with Crippen LogP contribution in [-0.4, -0.2) is 33.8 Å². The SMILES string of the molecule is Cl.Cl.O=C(CCC1CCNCC1)NCc1nncn1C1CC1. The van der Waals surface area contributed by atoms with Gasteiger partial charge in [-0.15, -0.1) is 35.0 Å². The molecule has 126 valence electrons. The Kier molecular flexibility index (Phi) is 8.14. The van der Waals surface area contributed by atoms with E-state index in [1.807, 2.05) is 0 Å². The Morgan fingerprint density at radius 2 is 2.00 bits per heavy atom. The molecule has 2 heterocycles. The summed E-state index contributed by atoms with van der Waals surface area (Å²) in [6, 6.07) is 0.562. The van der Waals surface area contributed by atoms with E-state index in [4.69, 9.17) is 0 Å². The number of nitrogens with zero attached hydrogens (tertiary/aromatic N) is 3.